The summed E-state index contributed by atoms with van der Waals surface area (Å²) in [5.41, 5.74) is 2.78. The average molecular weight is 682 g/mol. The molecule has 3 fully saturated rings. The summed E-state index contributed by atoms with van der Waals surface area (Å²) in [5.74, 6) is 2.89. The van der Waals surface area contributed by atoms with E-state index in [1.54, 1.807) is 17.8 Å². The third-order valence-electron chi connectivity index (χ3n) is 8.41. The molecule has 2 bridgehead atoms. The van der Waals surface area contributed by atoms with Crippen LogP contribution in [0.25, 0.3) is 27.6 Å². The van der Waals surface area contributed by atoms with Crippen LogP contribution in [0.3, 0.4) is 0 Å². The second-order valence-corrected chi connectivity index (χ2v) is 10.4. The van der Waals surface area contributed by atoms with Crippen LogP contribution in [-0.2, 0) is 21.1 Å². The van der Waals surface area contributed by atoms with Gasteiger partial charge in [-0.3, -0.25) is 0 Å². The molecule has 0 amide bonds. The third-order valence-corrected chi connectivity index (χ3v) is 8.41. The molecule has 0 spiro atoms. The molecular weight excluding hydrogens is 651 g/mol. The van der Waals surface area contributed by atoms with E-state index < -0.39 is 6.98 Å². The maximum absolute atomic E-state index is 8.15. The summed E-state index contributed by atoms with van der Waals surface area (Å²) in [7, 11) is 0. The number of anilines is 1. The van der Waals surface area contributed by atoms with Crippen molar-refractivity contribution in [3.8, 4) is 17.3 Å². The van der Waals surface area contributed by atoms with Crippen molar-refractivity contribution in [3.63, 3.8) is 0 Å². The number of pyridine rings is 1. The zero-order valence-corrected chi connectivity index (χ0v) is 22.8. The van der Waals surface area contributed by atoms with Crippen LogP contribution in [0.4, 0.5) is 5.69 Å². The van der Waals surface area contributed by atoms with E-state index in [2.05, 4.69) is 44.8 Å². The minimum absolute atomic E-state index is 0. The van der Waals surface area contributed by atoms with Crippen molar-refractivity contribution >= 4 is 27.5 Å². The van der Waals surface area contributed by atoms with Crippen LogP contribution < -0.4 is 9.64 Å². The minimum atomic E-state index is -2.16. The monoisotopic (exact) mass is 681 g/mol. The second kappa shape index (κ2) is 9.25. The Balaban J connectivity index is 0.00000276. The van der Waals surface area contributed by atoms with Gasteiger partial charge in [0.15, 0.2) is 0 Å². The van der Waals surface area contributed by atoms with Crippen LogP contribution in [0.2, 0.25) is 0 Å². The van der Waals surface area contributed by atoms with Gasteiger partial charge in [0.2, 0.25) is 0 Å². The summed E-state index contributed by atoms with van der Waals surface area (Å²) in [4.78, 5) is 8.34. The van der Waals surface area contributed by atoms with E-state index in [4.69, 9.17) is 8.85 Å². The summed E-state index contributed by atoms with van der Waals surface area (Å²) in [6, 6.07) is 31.0. The van der Waals surface area contributed by atoms with Gasteiger partial charge in [0, 0.05) is 60.5 Å². The molecule has 2 saturated carbocycles. The van der Waals surface area contributed by atoms with Crippen LogP contribution in [-0.4, -0.2) is 33.5 Å². The molecule has 1 aliphatic heterocycles. The first-order valence-electron chi connectivity index (χ1n) is 14.4. The maximum Gasteiger partial charge on any atom is 0.135 e. The molecule has 3 aliphatic rings. The van der Waals surface area contributed by atoms with Crippen molar-refractivity contribution < 1.29 is 29.9 Å². The summed E-state index contributed by atoms with van der Waals surface area (Å²) in [6.07, 6.45) is 5.16. The summed E-state index contributed by atoms with van der Waals surface area (Å²) in [5, 5.41) is 2.20. The zero-order valence-electron chi connectivity index (χ0n) is 23.5. The summed E-state index contributed by atoms with van der Waals surface area (Å²) < 4.78 is 32.9. The van der Waals surface area contributed by atoms with E-state index in [-0.39, 0.29) is 33.1 Å². The number of hydrogen-bond donors (Lipinski definition) is 0. The number of likely N-dealkylation sites (N-methyl/N-ethyl adjacent to an activating group) is 1. The predicted octanol–water partition coefficient (Wildman–Crippen LogP) is 6.61. The molecule has 4 atom stereocenters. The minimum Gasteiger partial charge on any atom is -0.525 e. The van der Waals surface area contributed by atoms with Gasteiger partial charge in [0.05, 0.1) is 0 Å². The van der Waals surface area contributed by atoms with Gasteiger partial charge in [-0.05, 0) is 61.7 Å². The Kier molecular flexibility index (Phi) is 5.06. The van der Waals surface area contributed by atoms with Crippen LogP contribution in [0.15, 0.2) is 79.0 Å². The fourth-order valence-electron chi connectivity index (χ4n) is 6.95. The van der Waals surface area contributed by atoms with Gasteiger partial charge in [0.1, 0.15) is 5.82 Å². The first-order valence-corrected chi connectivity index (χ1v) is 12.9. The van der Waals surface area contributed by atoms with Crippen LogP contribution in [0.1, 0.15) is 23.4 Å². The van der Waals surface area contributed by atoms with Crippen molar-refractivity contribution in [2.75, 3.05) is 11.9 Å². The van der Waals surface area contributed by atoms with E-state index in [1.165, 1.54) is 0 Å². The number of benzene rings is 3. The molecule has 38 heavy (non-hydrogen) atoms. The van der Waals surface area contributed by atoms with Crippen molar-refractivity contribution in [1.82, 2.24) is 14.5 Å². The third kappa shape index (κ3) is 3.63. The van der Waals surface area contributed by atoms with Crippen molar-refractivity contribution in [2.24, 2.45) is 11.8 Å². The predicted molar refractivity (Wildman–Crippen MR) is 146 cm³/mol. The van der Waals surface area contributed by atoms with Gasteiger partial charge in [-0.2, -0.15) is 24.9 Å². The summed E-state index contributed by atoms with van der Waals surface area (Å²) >= 11 is 0. The number of aromatic nitrogens is 2. The second-order valence-electron chi connectivity index (χ2n) is 10.4. The number of fused-ring (bicyclic) bond motifs is 8. The molecule has 5 aromatic rings. The first kappa shape index (κ1) is 20.8. The summed E-state index contributed by atoms with van der Waals surface area (Å²) in [6.45, 7) is -0.362. The first-order chi connectivity index (χ1) is 19.5. The Labute approximate surface area is 241 Å². The van der Waals surface area contributed by atoms with E-state index >= 15 is 0 Å². The molecule has 3 aromatic carbocycles. The molecule has 5 nitrogen and oxygen atoms in total. The molecule has 6 heteroatoms. The zero-order chi connectivity index (χ0) is 27.0. The van der Waals surface area contributed by atoms with E-state index in [9.17, 15) is 0 Å². The van der Waals surface area contributed by atoms with Crippen LogP contribution in [0, 0.1) is 30.6 Å². The van der Waals surface area contributed by atoms with Crippen molar-refractivity contribution in [3.05, 3.63) is 97.8 Å². The molecule has 194 valence electrons. The van der Waals surface area contributed by atoms with Gasteiger partial charge >= 0.3 is 0 Å². The normalized spacial score (nSPS) is 25.7. The Morgan fingerprint density at radius 2 is 1.74 bits per heavy atom. The molecule has 2 aromatic heterocycles. The van der Waals surface area contributed by atoms with E-state index in [0.29, 0.717) is 23.3 Å². The number of rotatable bonds is 4. The molecule has 0 N–H and O–H groups in total. The Bertz CT molecular complexity index is 1740. The van der Waals surface area contributed by atoms with Gasteiger partial charge in [-0.25, -0.2) is 4.98 Å². The van der Waals surface area contributed by atoms with Gasteiger partial charge < -0.3 is 19.1 Å². The fourth-order valence-corrected chi connectivity index (χ4v) is 6.95. The SMILES string of the molecule is [2H]C([2H])([2H])N1[CH-]N(c2[c-]c(Oc3[c-]c4c(cc3)c3ccccc3n4-c3ccccn3)ccc2)[C@@H]2C1C1CC[C@@H]2C1.[Pt]. The van der Waals surface area contributed by atoms with E-state index in [1.807, 2.05) is 54.6 Å². The Hall–Kier alpha value is -3.14. The Morgan fingerprint density at radius 3 is 2.61 bits per heavy atom. The fraction of sp³-hybridized carbons (Fsp3) is 0.250. The van der Waals surface area contributed by atoms with Crippen LogP contribution in [0.5, 0.6) is 11.5 Å². The molecule has 8 rings (SSSR count). The van der Waals surface area contributed by atoms with Gasteiger partial charge in [0.25, 0.3) is 0 Å². The molecular formula is C32H27N4OPt-3. The Morgan fingerprint density at radius 1 is 0.895 bits per heavy atom. The van der Waals surface area contributed by atoms with Crippen molar-refractivity contribution in [1.29, 1.82) is 0 Å². The number of ether oxygens (including phenoxy) is 1. The average Bonchev–Trinajstić information content (AvgIpc) is 3.73. The number of para-hydroxylation sites is 1. The van der Waals surface area contributed by atoms with Crippen molar-refractivity contribution in [2.45, 2.75) is 31.3 Å². The molecule has 0 radical (unpaired) electrons. The quantitative estimate of drug-likeness (QED) is 0.200. The molecule has 3 heterocycles. The number of hydrogen-bond acceptors (Lipinski definition) is 4. The largest absolute Gasteiger partial charge is 0.525 e. The topological polar surface area (TPSA) is 33.5 Å². The smallest absolute Gasteiger partial charge is 0.135 e. The number of nitrogens with zero attached hydrogens (tertiary/aromatic N) is 4. The molecule has 2 unspecified atom stereocenters. The van der Waals surface area contributed by atoms with Gasteiger partial charge in [-0.1, -0.05) is 29.8 Å². The molecule has 2 aliphatic carbocycles. The van der Waals surface area contributed by atoms with Crippen LogP contribution >= 0.6 is 0 Å². The van der Waals surface area contributed by atoms with Gasteiger partial charge in [-0.15, -0.1) is 35.3 Å². The maximum atomic E-state index is 8.15. The standard InChI is InChI=1S/C32H27N4O.Pt/c1-34-20-35(32-22-13-12-21(17-22)31(32)34)23-7-6-8-24(18-23)37-25-14-15-27-26-9-2-3-10-28(26)36(29(27)19-25)30-11-4-5-16-33-30;/h2-11,14-16,20-22,31-32H,12-13,17H2,1H3;/q-3;/t21?,22-,31?,32+;/m1./s1/i1D3;. The van der Waals surface area contributed by atoms with E-state index in [0.717, 1.165) is 52.6 Å². The molecule has 1 saturated heterocycles.